The molecule has 0 radical (unpaired) electrons. The van der Waals surface area contributed by atoms with Gasteiger partial charge in [0, 0.05) is 36.0 Å². The van der Waals surface area contributed by atoms with Gasteiger partial charge in [-0.15, -0.1) is 11.3 Å². The first-order valence-corrected chi connectivity index (χ1v) is 12.6. The lowest BCUT2D eigenvalue weighted by atomic mass is 10.1. The van der Waals surface area contributed by atoms with Crippen LogP contribution in [0.25, 0.3) is 0 Å². The summed E-state index contributed by atoms with van der Waals surface area (Å²) < 4.78 is 32.9. The standard InChI is InChI=1S/C22H22N4O4S2/c1-30-17-4-7-19-15(14-17)8-11-26(19)20-9-12-25(21(20)27)16-2-5-18(6-3-16)32(28,29)24-22-23-10-13-31-22/h2-7,10,13-14,20H,8-9,11-12H2,1H3,(H,23,24)/t20-/m0/s1. The summed E-state index contributed by atoms with van der Waals surface area (Å²) in [5, 5.41) is 2.01. The molecule has 1 aromatic heterocycles. The topological polar surface area (TPSA) is 91.8 Å². The van der Waals surface area contributed by atoms with Crippen LogP contribution in [0.3, 0.4) is 0 Å². The average Bonchev–Trinajstić information content (AvgIpc) is 3.53. The second kappa shape index (κ2) is 8.10. The Morgan fingerprint density at radius 1 is 1.16 bits per heavy atom. The van der Waals surface area contributed by atoms with Crippen molar-refractivity contribution in [3.8, 4) is 5.75 Å². The molecule has 10 heteroatoms. The highest BCUT2D eigenvalue weighted by atomic mass is 32.2. The normalized spacial score (nSPS) is 18.2. The summed E-state index contributed by atoms with van der Waals surface area (Å²) in [6.07, 6.45) is 3.14. The van der Waals surface area contributed by atoms with Crippen LogP contribution >= 0.6 is 11.3 Å². The average molecular weight is 471 g/mol. The number of carbonyl (C=O) groups excluding carboxylic acids is 1. The molecule has 1 amide bonds. The molecule has 166 valence electrons. The summed E-state index contributed by atoms with van der Waals surface area (Å²) in [7, 11) is -2.07. The molecule has 2 aromatic carbocycles. The van der Waals surface area contributed by atoms with Crippen LogP contribution in [-0.4, -0.2) is 45.6 Å². The van der Waals surface area contributed by atoms with Crippen LogP contribution in [-0.2, 0) is 21.2 Å². The molecule has 0 aliphatic carbocycles. The summed E-state index contributed by atoms with van der Waals surface area (Å²) in [6, 6.07) is 12.1. The first-order valence-electron chi connectivity index (χ1n) is 10.2. The van der Waals surface area contributed by atoms with E-state index in [0.717, 1.165) is 30.8 Å². The van der Waals surface area contributed by atoms with Gasteiger partial charge >= 0.3 is 0 Å². The van der Waals surface area contributed by atoms with E-state index in [1.165, 1.54) is 35.2 Å². The van der Waals surface area contributed by atoms with Gasteiger partial charge in [0.05, 0.1) is 12.0 Å². The molecule has 0 bridgehead atoms. The first kappa shape index (κ1) is 20.8. The molecule has 3 aromatic rings. The van der Waals surface area contributed by atoms with Crippen LogP contribution in [0.5, 0.6) is 5.75 Å². The van der Waals surface area contributed by atoms with E-state index in [2.05, 4.69) is 14.6 Å². The van der Waals surface area contributed by atoms with Gasteiger partial charge in [-0.05, 0) is 60.9 Å². The van der Waals surface area contributed by atoms with Gasteiger partial charge < -0.3 is 14.5 Å². The van der Waals surface area contributed by atoms with Gasteiger partial charge in [0.2, 0.25) is 5.91 Å². The van der Waals surface area contributed by atoms with Crippen LogP contribution in [0, 0.1) is 0 Å². The summed E-state index contributed by atoms with van der Waals surface area (Å²) in [5.74, 6) is 0.856. The van der Waals surface area contributed by atoms with Gasteiger partial charge in [0.25, 0.3) is 10.0 Å². The zero-order valence-electron chi connectivity index (χ0n) is 17.4. The van der Waals surface area contributed by atoms with Crippen LogP contribution < -0.4 is 19.3 Å². The molecule has 3 heterocycles. The number of sulfonamides is 1. The Balaban J connectivity index is 1.32. The van der Waals surface area contributed by atoms with Crippen molar-refractivity contribution in [2.24, 2.45) is 0 Å². The number of anilines is 3. The zero-order chi connectivity index (χ0) is 22.3. The highest BCUT2D eigenvalue weighted by Gasteiger charge is 2.39. The number of fused-ring (bicyclic) bond motifs is 1. The third kappa shape index (κ3) is 3.69. The fourth-order valence-corrected chi connectivity index (χ4v) is 6.11. The predicted octanol–water partition coefficient (Wildman–Crippen LogP) is 3.12. The number of nitrogens with one attached hydrogen (secondary N) is 1. The number of nitrogens with zero attached hydrogens (tertiary/aromatic N) is 3. The molecule has 8 nitrogen and oxygen atoms in total. The van der Waals surface area contributed by atoms with Crippen LogP contribution in [0.15, 0.2) is 58.9 Å². The molecule has 32 heavy (non-hydrogen) atoms. The summed E-state index contributed by atoms with van der Waals surface area (Å²) in [6.45, 7) is 1.39. The van der Waals surface area contributed by atoms with Crippen molar-refractivity contribution in [3.63, 3.8) is 0 Å². The zero-order valence-corrected chi connectivity index (χ0v) is 19.0. The number of thiazole rings is 1. The van der Waals surface area contributed by atoms with Crippen LogP contribution in [0.1, 0.15) is 12.0 Å². The maximum Gasteiger partial charge on any atom is 0.263 e. The van der Waals surface area contributed by atoms with E-state index in [0.29, 0.717) is 17.4 Å². The van der Waals surface area contributed by atoms with Crippen molar-refractivity contribution in [3.05, 3.63) is 59.6 Å². The number of carbonyl (C=O) groups is 1. The molecular formula is C22H22N4O4S2. The van der Waals surface area contributed by atoms with E-state index < -0.39 is 10.0 Å². The van der Waals surface area contributed by atoms with E-state index >= 15 is 0 Å². The highest BCUT2D eigenvalue weighted by molar-refractivity contribution is 7.93. The highest BCUT2D eigenvalue weighted by Crippen LogP contribution is 2.36. The minimum absolute atomic E-state index is 0.0326. The van der Waals surface area contributed by atoms with Gasteiger partial charge in [0.15, 0.2) is 5.13 Å². The molecule has 0 unspecified atom stereocenters. The quantitative estimate of drug-likeness (QED) is 0.595. The van der Waals surface area contributed by atoms with Gasteiger partial charge in [0.1, 0.15) is 11.8 Å². The second-order valence-electron chi connectivity index (χ2n) is 7.67. The maximum atomic E-state index is 13.2. The van der Waals surface area contributed by atoms with Gasteiger partial charge in [-0.1, -0.05) is 0 Å². The monoisotopic (exact) mass is 470 g/mol. The van der Waals surface area contributed by atoms with Crippen molar-refractivity contribution in [1.82, 2.24) is 4.98 Å². The molecule has 1 atom stereocenters. The Morgan fingerprint density at radius 2 is 1.97 bits per heavy atom. The summed E-state index contributed by atoms with van der Waals surface area (Å²) in [5.41, 5.74) is 2.97. The third-order valence-electron chi connectivity index (χ3n) is 5.88. The van der Waals surface area contributed by atoms with Crippen molar-refractivity contribution in [2.45, 2.75) is 23.8 Å². The van der Waals surface area contributed by atoms with Gasteiger partial charge in [-0.2, -0.15) is 0 Å². The Bertz CT molecular complexity index is 1240. The lowest BCUT2D eigenvalue weighted by molar-refractivity contribution is -0.118. The number of hydrogen-bond acceptors (Lipinski definition) is 7. The SMILES string of the molecule is COc1ccc2c(c1)CCN2[C@H]1CCN(c2ccc(S(=O)(=O)Nc3nccs3)cc2)C1=O. The van der Waals surface area contributed by atoms with E-state index in [9.17, 15) is 13.2 Å². The van der Waals surface area contributed by atoms with E-state index in [-0.39, 0.29) is 16.8 Å². The largest absolute Gasteiger partial charge is 0.497 e. The molecule has 1 saturated heterocycles. The number of ether oxygens (including phenoxy) is 1. The van der Waals surface area contributed by atoms with Crippen molar-refractivity contribution in [1.29, 1.82) is 0 Å². The lowest BCUT2D eigenvalue weighted by Crippen LogP contribution is -2.41. The summed E-state index contributed by atoms with van der Waals surface area (Å²) >= 11 is 1.21. The number of methoxy groups -OCH3 is 1. The number of benzene rings is 2. The lowest BCUT2D eigenvalue weighted by Gasteiger charge is -2.26. The fraction of sp³-hybridized carbons (Fsp3) is 0.273. The van der Waals surface area contributed by atoms with Crippen LogP contribution in [0.4, 0.5) is 16.5 Å². The minimum atomic E-state index is -3.72. The van der Waals surface area contributed by atoms with Crippen molar-refractivity contribution < 1.29 is 17.9 Å². The Hall–Kier alpha value is -3.11. The first-order chi connectivity index (χ1) is 15.5. The van der Waals surface area contributed by atoms with Gasteiger partial charge in [-0.3, -0.25) is 9.52 Å². The number of rotatable bonds is 6. The summed E-state index contributed by atoms with van der Waals surface area (Å²) in [4.78, 5) is 21.2. The molecule has 5 rings (SSSR count). The smallest absolute Gasteiger partial charge is 0.263 e. The molecule has 2 aliphatic heterocycles. The van der Waals surface area contributed by atoms with Crippen molar-refractivity contribution >= 4 is 43.8 Å². The van der Waals surface area contributed by atoms with E-state index in [1.807, 2.05) is 18.2 Å². The van der Waals surface area contributed by atoms with E-state index in [1.54, 1.807) is 29.5 Å². The Labute approximate surface area is 190 Å². The Morgan fingerprint density at radius 3 is 2.69 bits per heavy atom. The second-order valence-corrected chi connectivity index (χ2v) is 10.2. The number of hydrogen-bond donors (Lipinski definition) is 1. The van der Waals surface area contributed by atoms with Crippen LogP contribution in [0.2, 0.25) is 0 Å². The minimum Gasteiger partial charge on any atom is -0.497 e. The number of amides is 1. The molecule has 0 spiro atoms. The maximum absolute atomic E-state index is 13.2. The molecular weight excluding hydrogens is 448 g/mol. The Kier molecular flexibility index (Phi) is 5.26. The number of aromatic nitrogens is 1. The molecule has 1 fully saturated rings. The van der Waals surface area contributed by atoms with Gasteiger partial charge in [-0.25, -0.2) is 13.4 Å². The molecule has 1 N–H and O–H groups in total. The third-order valence-corrected chi connectivity index (χ3v) is 8.06. The predicted molar refractivity (Wildman–Crippen MR) is 124 cm³/mol. The fourth-order valence-electron chi connectivity index (χ4n) is 4.32. The van der Waals surface area contributed by atoms with Crippen molar-refractivity contribution in [2.75, 3.05) is 34.7 Å². The van der Waals surface area contributed by atoms with E-state index in [4.69, 9.17) is 4.74 Å². The molecule has 0 saturated carbocycles. The molecule has 2 aliphatic rings.